The van der Waals surface area contributed by atoms with Gasteiger partial charge in [-0.25, -0.2) is 15.0 Å². The number of nitrogen functional groups attached to an aromatic ring is 1. The maximum absolute atomic E-state index is 13.3. The fourth-order valence-electron chi connectivity index (χ4n) is 5.72. The number of nitrogens with zero attached hydrogens (tertiary/aromatic N) is 4. The molecule has 0 saturated carbocycles. The molecule has 3 aromatic carbocycles. The highest BCUT2D eigenvalue weighted by Gasteiger charge is 2.42. The van der Waals surface area contributed by atoms with Crippen LogP contribution in [-0.2, 0) is 15.1 Å². The van der Waals surface area contributed by atoms with Crippen LogP contribution in [0.2, 0.25) is 0 Å². The summed E-state index contributed by atoms with van der Waals surface area (Å²) in [5.74, 6) is 1.56. The Bertz CT molecular complexity index is 1760. The summed E-state index contributed by atoms with van der Waals surface area (Å²) < 4.78 is 25.5. The molecule has 1 aliphatic rings. The number of aromatic nitrogens is 4. The van der Waals surface area contributed by atoms with Crippen LogP contribution in [0.15, 0.2) is 90.0 Å². The topological polar surface area (TPSA) is 144 Å². The first-order valence-corrected chi connectivity index (χ1v) is 14.2. The van der Waals surface area contributed by atoms with Crippen molar-refractivity contribution in [1.82, 2.24) is 19.5 Å². The van der Waals surface area contributed by atoms with E-state index >= 15 is 0 Å². The number of ether oxygens (including phenoxy) is 4. The van der Waals surface area contributed by atoms with Crippen molar-refractivity contribution in [3.63, 3.8) is 0 Å². The van der Waals surface area contributed by atoms with E-state index in [1.54, 1.807) is 21.1 Å². The Kier molecular flexibility index (Phi) is 8.00. The summed E-state index contributed by atoms with van der Waals surface area (Å²) in [5, 5.41) is 11.2. The molecule has 2 aromatic heterocycles. The number of aliphatic hydroxyl groups excluding tert-OH is 1. The van der Waals surface area contributed by atoms with Gasteiger partial charge in [-0.3, -0.25) is 9.36 Å². The summed E-state index contributed by atoms with van der Waals surface area (Å²) in [7, 11) is 3.24. The van der Waals surface area contributed by atoms with Crippen LogP contribution in [-0.4, -0.2) is 57.7 Å². The van der Waals surface area contributed by atoms with Gasteiger partial charge in [-0.2, -0.15) is 0 Å². The zero-order chi connectivity index (χ0) is 30.8. The van der Waals surface area contributed by atoms with E-state index in [0.29, 0.717) is 17.0 Å². The van der Waals surface area contributed by atoms with Gasteiger partial charge >= 0.3 is 0 Å². The van der Waals surface area contributed by atoms with Gasteiger partial charge in [-0.05, 0) is 47.9 Å². The minimum Gasteiger partial charge on any atom is -0.497 e. The van der Waals surface area contributed by atoms with Crippen molar-refractivity contribution in [2.24, 2.45) is 0 Å². The number of hydrogen-bond acceptors (Lipinski definition) is 10. The van der Waals surface area contributed by atoms with Gasteiger partial charge in [0.05, 0.1) is 26.9 Å². The summed E-state index contributed by atoms with van der Waals surface area (Å²) in [6.45, 7) is 1.59. The van der Waals surface area contributed by atoms with E-state index in [9.17, 15) is 9.90 Å². The highest BCUT2D eigenvalue weighted by molar-refractivity contribution is 5.80. The molecule has 5 aromatic rings. The molecule has 44 heavy (non-hydrogen) atoms. The van der Waals surface area contributed by atoms with Gasteiger partial charge in [0.1, 0.15) is 47.0 Å². The Labute approximate surface area is 253 Å². The fourth-order valence-corrected chi connectivity index (χ4v) is 5.72. The van der Waals surface area contributed by atoms with Crippen LogP contribution in [0.5, 0.6) is 11.5 Å². The highest BCUT2D eigenvalue weighted by atomic mass is 16.6. The molecule has 1 saturated heterocycles. The molecule has 11 nitrogen and oxygen atoms in total. The molecular weight excluding hydrogens is 562 g/mol. The van der Waals surface area contributed by atoms with Gasteiger partial charge in [-0.15, -0.1) is 0 Å². The van der Waals surface area contributed by atoms with E-state index in [1.165, 1.54) is 10.9 Å². The molecule has 3 atom stereocenters. The van der Waals surface area contributed by atoms with Crippen molar-refractivity contribution in [2.75, 3.05) is 26.6 Å². The summed E-state index contributed by atoms with van der Waals surface area (Å²) >= 11 is 0. The standard InChI is InChI=1S/C33H33N5O6/c1-20-32(40)38(31-29(37-20)30(34)35-19-36-31)28-17-26(39)27(44-28)18-43-33(21-7-5-4-6-8-21,22-9-13-24(41-2)14-10-22)23-11-15-25(42-3)16-12-23/h4-16,19,26-28,39H,17-18H2,1-3H3,(H2,34,35,36)/t26-,27+,28?/m0/s1. The molecule has 3 heterocycles. The number of methoxy groups -OCH3 is 2. The SMILES string of the molecule is COc1ccc(C(OC[C@H]2OC(n3c(=O)c(C)nc4c(N)ncnc43)C[C@@H]2O)(c2ccccc2)c2ccc(OC)cc2)cc1. The Balaban J connectivity index is 1.40. The zero-order valence-electron chi connectivity index (χ0n) is 24.6. The molecule has 0 radical (unpaired) electrons. The Morgan fingerprint density at radius 2 is 1.52 bits per heavy atom. The van der Waals surface area contributed by atoms with Crippen molar-refractivity contribution in [3.8, 4) is 11.5 Å². The third kappa shape index (κ3) is 5.15. The second-order valence-corrected chi connectivity index (χ2v) is 10.6. The molecule has 1 unspecified atom stereocenters. The van der Waals surface area contributed by atoms with E-state index in [-0.39, 0.29) is 35.7 Å². The minimum absolute atomic E-state index is 0.00150. The molecule has 0 aliphatic carbocycles. The second-order valence-electron chi connectivity index (χ2n) is 10.6. The van der Waals surface area contributed by atoms with Crippen LogP contribution in [0.4, 0.5) is 5.82 Å². The quantitative estimate of drug-likeness (QED) is 0.242. The molecule has 1 fully saturated rings. The average molecular weight is 596 g/mol. The monoisotopic (exact) mass is 595 g/mol. The lowest BCUT2D eigenvalue weighted by atomic mass is 9.80. The smallest absolute Gasteiger partial charge is 0.275 e. The molecule has 226 valence electrons. The number of aliphatic hydroxyl groups is 1. The number of hydrogen-bond donors (Lipinski definition) is 2. The van der Waals surface area contributed by atoms with E-state index in [4.69, 9.17) is 24.7 Å². The number of aryl methyl sites for hydroxylation is 1. The molecular formula is C33H33N5O6. The van der Waals surface area contributed by atoms with E-state index in [1.807, 2.05) is 78.9 Å². The van der Waals surface area contributed by atoms with Crippen LogP contribution in [0.1, 0.15) is 35.0 Å². The van der Waals surface area contributed by atoms with Gasteiger partial charge in [0.25, 0.3) is 5.56 Å². The predicted molar refractivity (Wildman–Crippen MR) is 164 cm³/mol. The first-order chi connectivity index (χ1) is 21.3. The second kappa shape index (κ2) is 12.0. The van der Waals surface area contributed by atoms with Crippen LogP contribution in [0, 0.1) is 6.92 Å². The van der Waals surface area contributed by atoms with Crippen LogP contribution in [0.25, 0.3) is 11.2 Å². The highest BCUT2D eigenvalue weighted by Crippen LogP contribution is 2.43. The molecule has 6 rings (SSSR count). The lowest BCUT2D eigenvalue weighted by Crippen LogP contribution is -2.38. The van der Waals surface area contributed by atoms with Crippen LogP contribution < -0.4 is 20.8 Å². The fraction of sp³-hybridized carbons (Fsp3) is 0.273. The molecule has 0 spiro atoms. The molecule has 3 N–H and O–H groups in total. The first kappa shape index (κ1) is 29.2. The third-order valence-corrected chi connectivity index (χ3v) is 8.00. The third-order valence-electron chi connectivity index (χ3n) is 8.00. The number of anilines is 1. The summed E-state index contributed by atoms with van der Waals surface area (Å²) in [6, 6.07) is 25.2. The zero-order valence-corrected chi connectivity index (χ0v) is 24.6. The maximum Gasteiger partial charge on any atom is 0.275 e. The van der Waals surface area contributed by atoms with Crippen molar-refractivity contribution >= 4 is 17.0 Å². The molecule has 1 aliphatic heterocycles. The van der Waals surface area contributed by atoms with Gasteiger partial charge in [0.2, 0.25) is 0 Å². The van der Waals surface area contributed by atoms with Crippen molar-refractivity contribution < 1.29 is 24.1 Å². The minimum atomic E-state index is -1.10. The van der Waals surface area contributed by atoms with Gasteiger partial charge in [0, 0.05) is 6.42 Å². The predicted octanol–water partition coefficient (Wildman–Crippen LogP) is 3.75. The number of benzene rings is 3. The summed E-state index contributed by atoms with van der Waals surface area (Å²) in [6.07, 6.45) is -1.12. The molecule has 0 bridgehead atoms. The Hall–Kier alpha value is -4.84. The number of fused-ring (bicyclic) bond motifs is 1. The Morgan fingerprint density at radius 3 is 2.11 bits per heavy atom. The van der Waals surface area contributed by atoms with Gasteiger partial charge in [-0.1, -0.05) is 54.6 Å². The van der Waals surface area contributed by atoms with E-state index in [2.05, 4.69) is 15.0 Å². The van der Waals surface area contributed by atoms with Crippen LogP contribution in [0.3, 0.4) is 0 Å². The Morgan fingerprint density at radius 1 is 0.932 bits per heavy atom. The first-order valence-electron chi connectivity index (χ1n) is 14.2. The van der Waals surface area contributed by atoms with Crippen molar-refractivity contribution in [1.29, 1.82) is 0 Å². The normalized spacial score (nSPS) is 18.4. The van der Waals surface area contributed by atoms with Gasteiger partial charge < -0.3 is 29.8 Å². The average Bonchev–Trinajstić information content (AvgIpc) is 3.43. The number of rotatable bonds is 9. The lowest BCUT2D eigenvalue weighted by molar-refractivity contribution is -0.0936. The summed E-state index contributed by atoms with van der Waals surface area (Å²) in [4.78, 5) is 25.8. The van der Waals surface area contributed by atoms with Crippen molar-refractivity contribution in [2.45, 2.75) is 37.4 Å². The largest absolute Gasteiger partial charge is 0.497 e. The molecule has 11 heteroatoms. The maximum atomic E-state index is 13.3. The molecule has 0 amide bonds. The summed E-state index contributed by atoms with van der Waals surface area (Å²) in [5.41, 5.74) is 7.88. The van der Waals surface area contributed by atoms with E-state index < -0.39 is 24.0 Å². The van der Waals surface area contributed by atoms with Gasteiger partial charge in [0.15, 0.2) is 11.5 Å². The number of nitrogens with two attached hydrogens (primary N) is 1. The van der Waals surface area contributed by atoms with E-state index in [0.717, 1.165) is 16.7 Å². The van der Waals surface area contributed by atoms with Crippen molar-refractivity contribution in [3.05, 3.63) is 118 Å². The lowest BCUT2D eigenvalue weighted by Gasteiger charge is -2.37. The van der Waals surface area contributed by atoms with Crippen LogP contribution >= 0.6 is 0 Å².